The highest BCUT2D eigenvalue weighted by Crippen LogP contribution is 2.28. The molecule has 0 heterocycles. The van der Waals surface area contributed by atoms with Gasteiger partial charge in [0.25, 0.3) is 0 Å². The fourth-order valence-electron chi connectivity index (χ4n) is 1.87. The van der Waals surface area contributed by atoms with Crippen LogP contribution < -0.4 is 10.6 Å². The molecule has 1 aromatic carbocycles. The van der Waals surface area contributed by atoms with Gasteiger partial charge >= 0.3 is 0 Å². The first-order chi connectivity index (χ1) is 8.10. The van der Waals surface area contributed by atoms with Crippen molar-refractivity contribution in [1.82, 2.24) is 10.6 Å². The van der Waals surface area contributed by atoms with Crippen LogP contribution in [0.3, 0.4) is 0 Å². The molecule has 17 heavy (non-hydrogen) atoms. The van der Waals surface area contributed by atoms with Gasteiger partial charge in [-0.05, 0) is 63.7 Å². The summed E-state index contributed by atoms with van der Waals surface area (Å²) in [6, 6.07) is 3.33. The third-order valence-corrected chi connectivity index (χ3v) is 3.25. The molecule has 0 bridgehead atoms. The fourth-order valence-corrected chi connectivity index (χ4v) is 2.22. The smallest absolute Gasteiger partial charge is 0.126 e. The van der Waals surface area contributed by atoms with Crippen molar-refractivity contribution in [3.8, 4) is 0 Å². The van der Waals surface area contributed by atoms with Gasteiger partial charge in [-0.2, -0.15) is 0 Å². The Morgan fingerprint density at radius 3 is 2.65 bits per heavy atom. The van der Waals surface area contributed by atoms with Crippen LogP contribution >= 0.6 is 11.6 Å². The van der Waals surface area contributed by atoms with Crippen LogP contribution in [-0.2, 0) is 0 Å². The van der Waals surface area contributed by atoms with E-state index in [2.05, 4.69) is 10.6 Å². The maximum atomic E-state index is 13.5. The molecule has 0 aliphatic rings. The molecule has 1 atom stereocenters. The first-order valence-electron chi connectivity index (χ1n) is 5.87. The Kier molecular flexibility index (Phi) is 5.89. The second-order valence-corrected chi connectivity index (χ2v) is 4.62. The maximum Gasteiger partial charge on any atom is 0.126 e. The van der Waals surface area contributed by atoms with Gasteiger partial charge in [-0.25, -0.2) is 4.39 Å². The SMILES string of the molecule is CNCCCC(NC)c1cc(F)c(C)cc1Cl. The largest absolute Gasteiger partial charge is 0.320 e. The van der Waals surface area contributed by atoms with E-state index >= 15 is 0 Å². The van der Waals surface area contributed by atoms with Crippen LogP contribution in [0, 0.1) is 12.7 Å². The summed E-state index contributed by atoms with van der Waals surface area (Å²) in [5, 5.41) is 6.92. The second-order valence-electron chi connectivity index (χ2n) is 4.21. The van der Waals surface area contributed by atoms with Crippen LogP contribution in [0.4, 0.5) is 4.39 Å². The average molecular weight is 259 g/mol. The highest BCUT2D eigenvalue weighted by atomic mass is 35.5. The molecular formula is C13H20ClFN2. The van der Waals surface area contributed by atoms with E-state index in [0.29, 0.717) is 10.6 Å². The van der Waals surface area contributed by atoms with Crippen molar-refractivity contribution in [3.05, 3.63) is 34.1 Å². The molecule has 2 N–H and O–H groups in total. The molecule has 0 spiro atoms. The van der Waals surface area contributed by atoms with Gasteiger partial charge in [0.15, 0.2) is 0 Å². The van der Waals surface area contributed by atoms with E-state index in [0.717, 1.165) is 24.9 Å². The lowest BCUT2D eigenvalue weighted by molar-refractivity contribution is 0.514. The molecule has 0 radical (unpaired) electrons. The molecule has 0 fully saturated rings. The fraction of sp³-hybridized carbons (Fsp3) is 0.538. The quantitative estimate of drug-likeness (QED) is 0.767. The van der Waals surface area contributed by atoms with Gasteiger partial charge in [0, 0.05) is 11.1 Å². The molecular weight excluding hydrogens is 239 g/mol. The van der Waals surface area contributed by atoms with E-state index in [-0.39, 0.29) is 11.9 Å². The lowest BCUT2D eigenvalue weighted by atomic mass is 10.0. The summed E-state index contributed by atoms with van der Waals surface area (Å²) in [6.45, 7) is 2.67. The Hall–Kier alpha value is -0.640. The minimum atomic E-state index is -0.196. The molecule has 0 aliphatic heterocycles. The van der Waals surface area contributed by atoms with Gasteiger partial charge in [-0.3, -0.25) is 0 Å². The number of nitrogens with one attached hydrogen (secondary N) is 2. The summed E-state index contributed by atoms with van der Waals surface area (Å²) in [6.07, 6.45) is 1.95. The van der Waals surface area contributed by atoms with Crippen molar-refractivity contribution in [2.75, 3.05) is 20.6 Å². The van der Waals surface area contributed by atoms with E-state index in [4.69, 9.17) is 11.6 Å². The number of rotatable bonds is 6. The number of hydrogen-bond donors (Lipinski definition) is 2. The predicted octanol–water partition coefficient (Wildman–Crippen LogP) is 3.05. The number of halogens is 2. The Bertz CT molecular complexity index is 369. The minimum Gasteiger partial charge on any atom is -0.320 e. The van der Waals surface area contributed by atoms with Gasteiger partial charge in [-0.15, -0.1) is 0 Å². The molecule has 0 amide bonds. The second kappa shape index (κ2) is 6.94. The predicted molar refractivity (Wildman–Crippen MR) is 71.1 cm³/mol. The van der Waals surface area contributed by atoms with Crippen molar-refractivity contribution in [2.45, 2.75) is 25.8 Å². The Morgan fingerprint density at radius 2 is 2.06 bits per heavy atom. The van der Waals surface area contributed by atoms with Gasteiger partial charge in [0.1, 0.15) is 5.82 Å². The van der Waals surface area contributed by atoms with E-state index in [1.165, 1.54) is 6.07 Å². The maximum absolute atomic E-state index is 13.5. The topological polar surface area (TPSA) is 24.1 Å². The van der Waals surface area contributed by atoms with Gasteiger partial charge in [-0.1, -0.05) is 11.6 Å². The zero-order valence-electron chi connectivity index (χ0n) is 10.6. The van der Waals surface area contributed by atoms with Crippen molar-refractivity contribution in [3.63, 3.8) is 0 Å². The molecule has 1 aromatic rings. The summed E-state index contributed by atoms with van der Waals surface area (Å²) in [7, 11) is 3.80. The lowest BCUT2D eigenvalue weighted by Gasteiger charge is -2.18. The highest BCUT2D eigenvalue weighted by Gasteiger charge is 2.14. The van der Waals surface area contributed by atoms with Crippen molar-refractivity contribution < 1.29 is 4.39 Å². The van der Waals surface area contributed by atoms with E-state index in [1.54, 1.807) is 13.0 Å². The summed E-state index contributed by atoms with van der Waals surface area (Å²) in [5.41, 5.74) is 1.43. The van der Waals surface area contributed by atoms with Crippen LogP contribution in [0.2, 0.25) is 5.02 Å². The van der Waals surface area contributed by atoms with E-state index in [9.17, 15) is 4.39 Å². The van der Waals surface area contributed by atoms with Crippen LogP contribution in [0.5, 0.6) is 0 Å². The molecule has 0 saturated heterocycles. The highest BCUT2D eigenvalue weighted by molar-refractivity contribution is 6.31. The Morgan fingerprint density at radius 1 is 1.35 bits per heavy atom. The molecule has 1 unspecified atom stereocenters. The van der Waals surface area contributed by atoms with Crippen LogP contribution in [0.1, 0.15) is 30.0 Å². The summed E-state index contributed by atoms with van der Waals surface area (Å²) >= 11 is 6.17. The Labute approximate surface area is 108 Å². The standard InChI is InChI=1S/C13H20ClFN2/c1-9-7-11(14)10(8-12(9)15)13(17-3)5-4-6-16-2/h7-8,13,16-17H,4-6H2,1-3H3. The summed E-state index contributed by atoms with van der Waals surface area (Å²) in [5.74, 6) is -0.196. The zero-order chi connectivity index (χ0) is 12.8. The molecule has 2 nitrogen and oxygen atoms in total. The van der Waals surface area contributed by atoms with Crippen LogP contribution in [0.15, 0.2) is 12.1 Å². The van der Waals surface area contributed by atoms with Crippen LogP contribution in [0.25, 0.3) is 0 Å². The molecule has 96 valence electrons. The van der Waals surface area contributed by atoms with E-state index in [1.807, 2.05) is 14.1 Å². The van der Waals surface area contributed by atoms with Crippen molar-refractivity contribution in [2.24, 2.45) is 0 Å². The number of aryl methyl sites for hydroxylation is 1. The first kappa shape index (κ1) is 14.4. The average Bonchev–Trinajstić information content (AvgIpc) is 2.30. The number of hydrogen-bond acceptors (Lipinski definition) is 2. The molecule has 1 rings (SSSR count). The molecule has 4 heteroatoms. The van der Waals surface area contributed by atoms with E-state index < -0.39 is 0 Å². The Balaban J connectivity index is 2.84. The first-order valence-corrected chi connectivity index (χ1v) is 6.25. The van der Waals surface area contributed by atoms with Gasteiger partial charge in [0.2, 0.25) is 0 Å². The van der Waals surface area contributed by atoms with Crippen molar-refractivity contribution >= 4 is 11.6 Å². The minimum absolute atomic E-state index is 0.103. The monoisotopic (exact) mass is 258 g/mol. The zero-order valence-corrected chi connectivity index (χ0v) is 11.4. The summed E-state index contributed by atoms with van der Waals surface area (Å²) in [4.78, 5) is 0. The molecule has 0 aliphatic carbocycles. The molecule has 0 aromatic heterocycles. The third-order valence-electron chi connectivity index (χ3n) is 2.92. The lowest BCUT2D eigenvalue weighted by Crippen LogP contribution is -2.19. The number of benzene rings is 1. The van der Waals surface area contributed by atoms with Crippen LogP contribution in [-0.4, -0.2) is 20.6 Å². The van der Waals surface area contributed by atoms with Gasteiger partial charge < -0.3 is 10.6 Å². The molecule has 0 saturated carbocycles. The van der Waals surface area contributed by atoms with Crippen molar-refractivity contribution in [1.29, 1.82) is 0 Å². The van der Waals surface area contributed by atoms with Gasteiger partial charge in [0.05, 0.1) is 0 Å². The normalized spacial score (nSPS) is 12.8. The third kappa shape index (κ3) is 3.95. The summed E-state index contributed by atoms with van der Waals surface area (Å²) < 4.78 is 13.5.